The predicted octanol–water partition coefficient (Wildman–Crippen LogP) is 1.40. The molecule has 9 nitrogen and oxygen atoms in total. The molecule has 1 aliphatic rings. The van der Waals surface area contributed by atoms with Crippen molar-refractivity contribution >= 4 is 23.8 Å². The summed E-state index contributed by atoms with van der Waals surface area (Å²) in [6, 6.07) is 3.81. The fraction of sp³-hybridized carbons (Fsp3) is 0.429. The van der Waals surface area contributed by atoms with Crippen LogP contribution in [0.3, 0.4) is 0 Å². The Hall–Kier alpha value is -3.11. The smallest absolute Gasteiger partial charge is 0.224 e. The van der Waals surface area contributed by atoms with Crippen LogP contribution in [0.2, 0.25) is 0 Å². The highest BCUT2D eigenvalue weighted by Gasteiger charge is 2.27. The SMILES string of the molecule is COc1ccc(F)cc1C(=O)c1cnc(NC2CCN(C(C=O)N(C)C)CC2)nc1N. The monoisotopic (exact) mass is 430 g/mol. The Morgan fingerprint density at radius 1 is 1.35 bits per heavy atom. The average molecular weight is 430 g/mol. The van der Waals surface area contributed by atoms with Crippen LogP contribution in [-0.4, -0.2) is 78.3 Å². The number of hydrogen-bond acceptors (Lipinski definition) is 9. The Labute approximate surface area is 180 Å². The van der Waals surface area contributed by atoms with Gasteiger partial charge < -0.3 is 20.6 Å². The third-order valence-electron chi connectivity index (χ3n) is 5.36. The van der Waals surface area contributed by atoms with Gasteiger partial charge in [0.25, 0.3) is 0 Å². The molecule has 166 valence electrons. The number of ether oxygens (including phenoxy) is 1. The Bertz CT molecular complexity index is 947. The molecule has 10 heteroatoms. The highest BCUT2D eigenvalue weighted by atomic mass is 19.1. The van der Waals surface area contributed by atoms with Gasteiger partial charge in [0.2, 0.25) is 11.7 Å². The van der Waals surface area contributed by atoms with Crippen molar-refractivity contribution in [2.24, 2.45) is 0 Å². The zero-order valence-electron chi connectivity index (χ0n) is 17.8. The van der Waals surface area contributed by atoms with Gasteiger partial charge in [-0.15, -0.1) is 0 Å². The number of nitrogen functional groups attached to an aromatic ring is 1. The number of carbonyl (C=O) groups is 2. The van der Waals surface area contributed by atoms with Crippen LogP contribution < -0.4 is 15.8 Å². The lowest BCUT2D eigenvalue weighted by molar-refractivity contribution is -0.118. The Morgan fingerprint density at radius 3 is 2.65 bits per heavy atom. The maximum absolute atomic E-state index is 13.6. The molecule has 2 aromatic rings. The number of aldehydes is 1. The van der Waals surface area contributed by atoms with E-state index in [2.05, 4.69) is 20.2 Å². The Morgan fingerprint density at radius 2 is 2.06 bits per heavy atom. The molecule has 1 aromatic heterocycles. The summed E-state index contributed by atoms with van der Waals surface area (Å²) in [4.78, 5) is 36.6. The van der Waals surface area contributed by atoms with E-state index in [0.717, 1.165) is 38.3 Å². The highest BCUT2D eigenvalue weighted by Crippen LogP contribution is 2.25. The summed E-state index contributed by atoms with van der Waals surface area (Å²) < 4.78 is 18.8. The number of benzene rings is 1. The minimum absolute atomic E-state index is 0.000114. The van der Waals surface area contributed by atoms with Gasteiger partial charge in [-0.05, 0) is 45.1 Å². The number of aromatic nitrogens is 2. The van der Waals surface area contributed by atoms with E-state index in [1.165, 1.54) is 25.4 Å². The molecular weight excluding hydrogens is 403 g/mol. The van der Waals surface area contributed by atoms with Crippen LogP contribution in [0, 0.1) is 5.82 Å². The van der Waals surface area contributed by atoms with Gasteiger partial charge >= 0.3 is 0 Å². The molecule has 0 amide bonds. The van der Waals surface area contributed by atoms with Gasteiger partial charge in [-0.1, -0.05) is 0 Å². The van der Waals surface area contributed by atoms with Crippen LogP contribution in [0.1, 0.15) is 28.8 Å². The summed E-state index contributed by atoms with van der Waals surface area (Å²) in [6.07, 6.45) is 3.66. The number of methoxy groups -OCH3 is 1. The number of likely N-dealkylation sites (tertiary alicyclic amines) is 1. The standard InChI is InChI=1S/C21H27FN6O3/c1-27(2)18(12-29)28-8-6-14(7-9-28)25-21-24-11-16(20(23)26-21)19(30)15-10-13(22)4-5-17(15)31-3/h4-5,10-12,14,18H,6-9H2,1-3H3,(H3,23,24,25,26). The van der Waals surface area contributed by atoms with Gasteiger partial charge in [0, 0.05) is 25.3 Å². The largest absolute Gasteiger partial charge is 0.496 e. The Kier molecular flexibility index (Phi) is 7.13. The number of nitrogens with one attached hydrogen (secondary N) is 1. The highest BCUT2D eigenvalue weighted by molar-refractivity contribution is 6.13. The van der Waals surface area contributed by atoms with Crippen molar-refractivity contribution in [1.29, 1.82) is 0 Å². The summed E-state index contributed by atoms with van der Waals surface area (Å²) in [6.45, 7) is 1.51. The van der Waals surface area contributed by atoms with Crippen LogP contribution >= 0.6 is 0 Å². The molecule has 31 heavy (non-hydrogen) atoms. The van der Waals surface area contributed by atoms with Gasteiger partial charge in [-0.2, -0.15) is 4.98 Å². The van der Waals surface area contributed by atoms with Crippen LogP contribution in [0.15, 0.2) is 24.4 Å². The van der Waals surface area contributed by atoms with E-state index in [-0.39, 0.29) is 34.9 Å². The zero-order chi connectivity index (χ0) is 22.5. The van der Waals surface area contributed by atoms with Gasteiger partial charge in [0.1, 0.15) is 23.6 Å². The maximum atomic E-state index is 13.6. The van der Waals surface area contributed by atoms with E-state index in [9.17, 15) is 14.0 Å². The lowest BCUT2D eigenvalue weighted by Crippen LogP contribution is -2.51. The number of halogens is 1. The molecule has 3 rings (SSSR count). The number of likely N-dealkylation sites (N-methyl/N-ethyl adjacent to an activating group) is 1. The third kappa shape index (κ3) is 5.15. The normalized spacial score (nSPS) is 16.2. The maximum Gasteiger partial charge on any atom is 0.224 e. The third-order valence-corrected chi connectivity index (χ3v) is 5.36. The van der Waals surface area contributed by atoms with Crippen LogP contribution in [0.5, 0.6) is 5.75 Å². The topological polar surface area (TPSA) is 114 Å². The van der Waals surface area contributed by atoms with Crippen molar-refractivity contribution in [3.63, 3.8) is 0 Å². The first kappa shape index (κ1) is 22.6. The molecule has 1 atom stereocenters. The first-order valence-corrected chi connectivity index (χ1v) is 9.97. The molecule has 0 radical (unpaired) electrons. The molecule has 1 unspecified atom stereocenters. The minimum atomic E-state index is -0.556. The van der Waals surface area contributed by atoms with Crippen LogP contribution in [0.4, 0.5) is 16.2 Å². The summed E-state index contributed by atoms with van der Waals surface area (Å²) >= 11 is 0. The number of piperidine rings is 1. The van der Waals surface area contributed by atoms with Crippen molar-refractivity contribution in [2.45, 2.75) is 25.0 Å². The zero-order valence-corrected chi connectivity index (χ0v) is 17.8. The number of nitrogens with zero attached hydrogens (tertiary/aromatic N) is 4. The number of rotatable bonds is 8. The van der Waals surface area contributed by atoms with E-state index in [0.29, 0.717) is 5.95 Å². The summed E-state index contributed by atoms with van der Waals surface area (Å²) in [7, 11) is 5.16. The molecule has 0 saturated carbocycles. The molecule has 3 N–H and O–H groups in total. The second-order valence-corrected chi connectivity index (χ2v) is 7.63. The molecule has 0 aliphatic carbocycles. The Balaban J connectivity index is 1.68. The molecular formula is C21H27FN6O3. The van der Waals surface area contributed by atoms with Crippen molar-refractivity contribution < 1.29 is 18.7 Å². The lowest BCUT2D eigenvalue weighted by Gasteiger charge is -2.37. The number of hydrogen-bond donors (Lipinski definition) is 2. The summed E-state index contributed by atoms with van der Waals surface area (Å²) in [5.74, 6) is -0.513. The second kappa shape index (κ2) is 9.80. The van der Waals surface area contributed by atoms with E-state index in [4.69, 9.17) is 10.5 Å². The van der Waals surface area contributed by atoms with Gasteiger partial charge in [-0.25, -0.2) is 9.37 Å². The molecule has 1 aromatic carbocycles. The number of nitrogens with two attached hydrogens (primary N) is 1. The number of carbonyl (C=O) groups excluding carboxylic acids is 2. The molecule has 1 fully saturated rings. The van der Waals surface area contributed by atoms with E-state index in [1.54, 1.807) is 0 Å². The van der Waals surface area contributed by atoms with E-state index in [1.807, 2.05) is 19.0 Å². The number of anilines is 2. The average Bonchev–Trinajstić information content (AvgIpc) is 2.75. The summed E-state index contributed by atoms with van der Waals surface area (Å²) in [5.41, 5.74) is 6.13. The van der Waals surface area contributed by atoms with Gasteiger partial charge in [0.05, 0.1) is 18.2 Å². The first-order valence-electron chi connectivity index (χ1n) is 9.97. The van der Waals surface area contributed by atoms with Gasteiger partial charge in [-0.3, -0.25) is 14.6 Å². The van der Waals surface area contributed by atoms with Crippen molar-refractivity contribution in [3.05, 3.63) is 41.3 Å². The molecule has 1 aliphatic heterocycles. The quantitative estimate of drug-likeness (QED) is 0.474. The fourth-order valence-electron chi connectivity index (χ4n) is 3.67. The minimum Gasteiger partial charge on any atom is -0.496 e. The van der Waals surface area contributed by atoms with Crippen molar-refractivity contribution in [3.8, 4) is 5.75 Å². The molecule has 0 spiro atoms. The van der Waals surface area contributed by atoms with Crippen molar-refractivity contribution in [1.82, 2.24) is 19.8 Å². The molecule has 1 saturated heterocycles. The number of ketones is 1. The predicted molar refractivity (Wildman–Crippen MR) is 115 cm³/mol. The van der Waals surface area contributed by atoms with Crippen molar-refractivity contribution in [2.75, 3.05) is 45.3 Å². The molecule has 2 heterocycles. The second-order valence-electron chi connectivity index (χ2n) is 7.63. The van der Waals surface area contributed by atoms with Crippen LogP contribution in [-0.2, 0) is 4.79 Å². The summed E-state index contributed by atoms with van der Waals surface area (Å²) in [5, 5.41) is 3.24. The van der Waals surface area contributed by atoms with E-state index >= 15 is 0 Å². The molecule has 0 bridgehead atoms. The van der Waals surface area contributed by atoms with E-state index < -0.39 is 11.6 Å². The first-order chi connectivity index (χ1) is 14.8. The lowest BCUT2D eigenvalue weighted by atomic mass is 10.0. The van der Waals surface area contributed by atoms with Crippen LogP contribution in [0.25, 0.3) is 0 Å². The van der Waals surface area contributed by atoms with Gasteiger partial charge in [0.15, 0.2) is 6.29 Å². The fourth-order valence-corrected chi connectivity index (χ4v) is 3.67.